The lowest BCUT2D eigenvalue weighted by atomic mass is 9.99. The van der Waals surface area contributed by atoms with Crippen LogP contribution in [-0.4, -0.2) is 17.9 Å². The zero-order valence-electron chi connectivity index (χ0n) is 12.5. The lowest BCUT2D eigenvalue weighted by Gasteiger charge is -2.20. The minimum absolute atomic E-state index is 0.0993. The van der Waals surface area contributed by atoms with Gasteiger partial charge in [0.05, 0.1) is 17.0 Å². The van der Waals surface area contributed by atoms with Gasteiger partial charge in [-0.25, -0.2) is 0 Å². The Morgan fingerprint density at radius 2 is 1.96 bits per heavy atom. The zero-order valence-corrected chi connectivity index (χ0v) is 14.9. The quantitative estimate of drug-likeness (QED) is 0.604. The van der Waals surface area contributed by atoms with Crippen molar-refractivity contribution in [2.75, 3.05) is 7.05 Å². The van der Waals surface area contributed by atoms with Gasteiger partial charge in [0.1, 0.15) is 5.58 Å². The van der Waals surface area contributed by atoms with Crippen LogP contribution in [0.3, 0.4) is 0 Å². The van der Waals surface area contributed by atoms with E-state index in [-0.39, 0.29) is 17.1 Å². The van der Waals surface area contributed by atoms with E-state index in [0.717, 1.165) is 10.0 Å². The van der Waals surface area contributed by atoms with Crippen LogP contribution in [-0.2, 0) is 0 Å². The van der Waals surface area contributed by atoms with E-state index in [9.17, 15) is 9.59 Å². The number of fused-ring (bicyclic) bond motifs is 2. The van der Waals surface area contributed by atoms with Crippen LogP contribution in [0, 0.1) is 0 Å². The number of hydrogen-bond donors (Lipinski definition) is 0. The summed E-state index contributed by atoms with van der Waals surface area (Å²) in [6, 6.07) is 11.8. The highest BCUT2D eigenvalue weighted by atomic mass is 79.9. The average Bonchev–Trinajstić information content (AvgIpc) is 2.81. The van der Waals surface area contributed by atoms with Crippen molar-refractivity contribution in [2.45, 2.75) is 6.04 Å². The van der Waals surface area contributed by atoms with Gasteiger partial charge in [0.25, 0.3) is 5.91 Å². The Labute approximate surface area is 150 Å². The number of rotatable bonds is 1. The van der Waals surface area contributed by atoms with Crippen molar-refractivity contribution >= 4 is 44.4 Å². The molecule has 1 amide bonds. The molecule has 1 aliphatic rings. The van der Waals surface area contributed by atoms with Gasteiger partial charge in [0.2, 0.25) is 5.76 Å². The SMILES string of the molecule is CN1C(=O)c2oc3ccc(Br)cc3c(=O)c2C1c1cccc(Cl)c1. The third-order valence-electron chi connectivity index (χ3n) is 4.23. The van der Waals surface area contributed by atoms with E-state index in [1.165, 1.54) is 4.90 Å². The Morgan fingerprint density at radius 1 is 1.17 bits per heavy atom. The zero-order chi connectivity index (χ0) is 17.0. The van der Waals surface area contributed by atoms with Gasteiger partial charge in [-0.1, -0.05) is 39.7 Å². The number of benzene rings is 2. The van der Waals surface area contributed by atoms with Crippen LogP contribution in [0.5, 0.6) is 0 Å². The minimum Gasteiger partial charge on any atom is -0.450 e. The molecule has 3 aromatic rings. The Morgan fingerprint density at radius 3 is 2.71 bits per heavy atom. The summed E-state index contributed by atoms with van der Waals surface area (Å²) < 4.78 is 6.54. The fourth-order valence-electron chi connectivity index (χ4n) is 3.13. The van der Waals surface area contributed by atoms with Gasteiger partial charge in [-0.2, -0.15) is 0 Å². The molecule has 2 aromatic carbocycles. The predicted octanol–water partition coefficient (Wildman–Crippen LogP) is 4.38. The van der Waals surface area contributed by atoms with Gasteiger partial charge >= 0.3 is 0 Å². The molecule has 1 aromatic heterocycles. The monoisotopic (exact) mass is 403 g/mol. The second-order valence-corrected chi connectivity index (χ2v) is 7.04. The van der Waals surface area contributed by atoms with Crippen LogP contribution >= 0.6 is 27.5 Å². The lowest BCUT2D eigenvalue weighted by Crippen LogP contribution is -2.25. The fraction of sp³-hybridized carbons (Fsp3) is 0.111. The fourth-order valence-corrected chi connectivity index (χ4v) is 3.69. The third-order valence-corrected chi connectivity index (χ3v) is 4.96. The molecule has 0 radical (unpaired) electrons. The summed E-state index contributed by atoms with van der Waals surface area (Å²) >= 11 is 9.44. The molecule has 1 atom stereocenters. The molecule has 0 spiro atoms. The van der Waals surface area contributed by atoms with E-state index in [1.54, 1.807) is 43.4 Å². The molecule has 0 fully saturated rings. The first-order valence-electron chi connectivity index (χ1n) is 7.26. The van der Waals surface area contributed by atoms with Gasteiger partial charge in [0, 0.05) is 16.5 Å². The van der Waals surface area contributed by atoms with Gasteiger partial charge in [-0.15, -0.1) is 0 Å². The molecular weight excluding hydrogens is 394 g/mol. The molecule has 4 nitrogen and oxygen atoms in total. The Hall–Kier alpha value is -2.11. The summed E-state index contributed by atoms with van der Waals surface area (Å²) in [6.45, 7) is 0. The summed E-state index contributed by atoms with van der Waals surface area (Å²) in [7, 11) is 1.66. The minimum atomic E-state index is -0.508. The lowest BCUT2D eigenvalue weighted by molar-refractivity contribution is 0.0771. The molecule has 0 bridgehead atoms. The highest BCUT2D eigenvalue weighted by Crippen LogP contribution is 2.37. The van der Waals surface area contributed by atoms with Crippen molar-refractivity contribution in [2.24, 2.45) is 0 Å². The molecule has 120 valence electrons. The number of nitrogens with zero attached hydrogens (tertiary/aromatic N) is 1. The van der Waals surface area contributed by atoms with Crippen LogP contribution < -0.4 is 5.43 Å². The number of halogens is 2. The molecule has 0 saturated heterocycles. The summed E-state index contributed by atoms with van der Waals surface area (Å²) in [5.74, 6) is -0.209. The highest BCUT2D eigenvalue weighted by molar-refractivity contribution is 9.10. The molecule has 24 heavy (non-hydrogen) atoms. The van der Waals surface area contributed by atoms with Gasteiger partial charge in [-0.3, -0.25) is 9.59 Å². The first-order chi connectivity index (χ1) is 11.5. The third kappa shape index (κ3) is 2.19. The summed E-state index contributed by atoms with van der Waals surface area (Å²) in [5.41, 5.74) is 1.33. The molecule has 2 heterocycles. The maximum Gasteiger partial charge on any atom is 0.290 e. The predicted molar refractivity (Wildman–Crippen MR) is 95.6 cm³/mol. The van der Waals surface area contributed by atoms with Crippen molar-refractivity contribution in [3.63, 3.8) is 0 Å². The molecular formula is C18H11BrClNO3. The van der Waals surface area contributed by atoms with Crippen molar-refractivity contribution in [1.29, 1.82) is 0 Å². The topological polar surface area (TPSA) is 50.5 Å². The number of carbonyl (C=O) groups excluding carboxylic acids is 1. The second-order valence-electron chi connectivity index (χ2n) is 5.69. The normalized spacial score (nSPS) is 16.7. The summed E-state index contributed by atoms with van der Waals surface area (Å²) in [4.78, 5) is 27.1. The van der Waals surface area contributed by atoms with E-state index in [0.29, 0.717) is 21.6 Å². The molecule has 0 aliphatic carbocycles. The standard InChI is InChI=1S/C18H11BrClNO3/c1-21-15(9-3-2-4-11(20)7-9)14-16(22)12-8-10(19)5-6-13(12)24-17(14)18(21)23/h2-8,15H,1H3. The van der Waals surface area contributed by atoms with Crippen molar-refractivity contribution in [1.82, 2.24) is 4.90 Å². The van der Waals surface area contributed by atoms with Crippen LogP contribution in [0.2, 0.25) is 5.02 Å². The van der Waals surface area contributed by atoms with Crippen LogP contribution in [0.25, 0.3) is 11.0 Å². The van der Waals surface area contributed by atoms with Crippen molar-refractivity contribution in [3.8, 4) is 0 Å². The number of amides is 1. The first-order valence-corrected chi connectivity index (χ1v) is 8.43. The second kappa shape index (κ2) is 5.46. The van der Waals surface area contributed by atoms with E-state index in [4.69, 9.17) is 16.0 Å². The van der Waals surface area contributed by atoms with Crippen LogP contribution in [0.15, 0.2) is 56.1 Å². The first kappa shape index (κ1) is 15.4. The number of carbonyl (C=O) groups is 1. The maximum atomic E-state index is 13.0. The largest absolute Gasteiger partial charge is 0.450 e. The van der Waals surface area contributed by atoms with Gasteiger partial charge < -0.3 is 9.32 Å². The Bertz CT molecular complexity index is 1060. The maximum absolute atomic E-state index is 13.0. The van der Waals surface area contributed by atoms with Gasteiger partial charge in [-0.05, 0) is 35.9 Å². The van der Waals surface area contributed by atoms with E-state index in [1.807, 2.05) is 6.07 Å². The van der Waals surface area contributed by atoms with Crippen LogP contribution in [0.4, 0.5) is 0 Å². The van der Waals surface area contributed by atoms with E-state index >= 15 is 0 Å². The van der Waals surface area contributed by atoms with E-state index < -0.39 is 6.04 Å². The number of hydrogen-bond acceptors (Lipinski definition) is 3. The van der Waals surface area contributed by atoms with Gasteiger partial charge in [0.15, 0.2) is 5.43 Å². The smallest absolute Gasteiger partial charge is 0.290 e. The molecule has 0 N–H and O–H groups in total. The Balaban J connectivity index is 2.05. The molecule has 1 unspecified atom stereocenters. The molecule has 6 heteroatoms. The summed E-state index contributed by atoms with van der Waals surface area (Å²) in [5, 5.41) is 0.993. The molecule has 1 aliphatic heterocycles. The molecule has 0 saturated carbocycles. The molecule has 4 rings (SSSR count). The van der Waals surface area contributed by atoms with Crippen LogP contribution in [0.1, 0.15) is 27.7 Å². The highest BCUT2D eigenvalue weighted by Gasteiger charge is 2.40. The van der Waals surface area contributed by atoms with Crippen molar-refractivity contribution < 1.29 is 9.21 Å². The Kier molecular flexibility index (Phi) is 3.51. The van der Waals surface area contributed by atoms with Crippen molar-refractivity contribution in [3.05, 3.63) is 79.1 Å². The average molecular weight is 405 g/mol. The van der Waals surface area contributed by atoms with E-state index in [2.05, 4.69) is 15.9 Å². The summed E-state index contributed by atoms with van der Waals surface area (Å²) in [6.07, 6.45) is 0.